The summed E-state index contributed by atoms with van der Waals surface area (Å²) >= 11 is 1.95. The Kier molecular flexibility index (Phi) is 4.61. The van der Waals surface area contributed by atoms with E-state index in [1.54, 1.807) is 10.9 Å². The molecule has 2 atom stereocenters. The van der Waals surface area contributed by atoms with Crippen molar-refractivity contribution in [3.8, 4) is 0 Å². The van der Waals surface area contributed by atoms with Gasteiger partial charge in [0.1, 0.15) is 0 Å². The number of carbonyl (C=O) groups is 1. The molecular formula is C17H22N4OS. The third-order valence-corrected chi connectivity index (χ3v) is 5.04. The molecule has 1 N–H and O–H groups in total. The molecule has 3 rings (SSSR count). The van der Waals surface area contributed by atoms with Crippen LogP contribution in [-0.2, 0) is 7.05 Å². The summed E-state index contributed by atoms with van der Waals surface area (Å²) < 4.78 is 1.74. The Hall–Kier alpha value is -1.95. The van der Waals surface area contributed by atoms with Crippen molar-refractivity contribution < 1.29 is 4.79 Å². The molecule has 1 amide bonds. The SMILES string of the molecule is C[C@H]1CN(C(=O)c2cccc(Nc3cnn(C)c3)c2)C[C@H](C)S1. The van der Waals surface area contributed by atoms with Crippen LogP contribution in [0.15, 0.2) is 36.7 Å². The van der Waals surface area contributed by atoms with Crippen molar-refractivity contribution in [2.45, 2.75) is 24.3 Å². The maximum absolute atomic E-state index is 12.8. The van der Waals surface area contributed by atoms with Gasteiger partial charge in [0.05, 0.1) is 11.9 Å². The molecule has 0 aliphatic carbocycles. The molecule has 1 aromatic carbocycles. The second-order valence-corrected chi connectivity index (χ2v) is 7.96. The van der Waals surface area contributed by atoms with Gasteiger partial charge >= 0.3 is 0 Å². The summed E-state index contributed by atoms with van der Waals surface area (Å²) in [4.78, 5) is 14.7. The number of carbonyl (C=O) groups excluding carboxylic acids is 1. The van der Waals surface area contributed by atoms with Gasteiger partial charge in [-0.2, -0.15) is 16.9 Å². The molecule has 2 aromatic rings. The topological polar surface area (TPSA) is 50.2 Å². The molecule has 0 unspecified atom stereocenters. The van der Waals surface area contributed by atoms with Gasteiger partial charge in [0.2, 0.25) is 0 Å². The van der Waals surface area contributed by atoms with Crippen LogP contribution in [0.4, 0.5) is 11.4 Å². The van der Waals surface area contributed by atoms with Crippen LogP contribution in [0.1, 0.15) is 24.2 Å². The average Bonchev–Trinajstić information content (AvgIpc) is 2.91. The van der Waals surface area contributed by atoms with E-state index in [0.717, 1.165) is 30.0 Å². The fraction of sp³-hybridized carbons (Fsp3) is 0.412. The number of aromatic nitrogens is 2. The van der Waals surface area contributed by atoms with E-state index >= 15 is 0 Å². The minimum atomic E-state index is 0.110. The van der Waals surface area contributed by atoms with Gasteiger partial charge < -0.3 is 10.2 Å². The Bertz CT molecular complexity index is 689. The van der Waals surface area contributed by atoms with E-state index in [2.05, 4.69) is 24.3 Å². The smallest absolute Gasteiger partial charge is 0.254 e. The number of hydrogen-bond acceptors (Lipinski definition) is 4. The molecule has 1 saturated heterocycles. The van der Waals surface area contributed by atoms with E-state index < -0.39 is 0 Å². The number of thioether (sulfide) groups is 1. The molecule has 0 bridgehead atoms. The van der Waals surface area contributed by atoms with Crippen molar-refractivity contribution >= 4 is 29.0 Å². The minimum absolute atomic E-state index is 0.110. The summed E-state index contributed by atoms with van der Waals surface area (Å²) in [5.41, 5.74) is 2.54. The van der Waals surface area contributed by atoms with E-state index in [0.29, 0.717) is 10.5 Å². The van der Waals surface area contributed by atoms with E-state index in [1.165, 1.54) is 0 Å². The number of nitrogens with one attached hydrogen (secondary N) is 1. The van der Waals surface area contributed by atoms with Crippen molar-refractivity contribution in [1.82, 2.24) is 14.7 Å². The van der Waals surface area contributed by atoms with Crippen LogP contribution in [0.3, 0.4) is 0 Å². The normalized spacial score (nSPS) is 21.3. The van der Waals surface area contributed by atoms with E-state index in [1.807, 2.05) is 54.2 Å². The first-order valence-electron chi connectivity index (χ1n) is 7.82. The molecule has 122 valence electrons. The lowest BCUT2D eigenvalue weighted by Crippen LogP contribution is -2.44. The number of aryl methyl sites for hydroxylation is 1. The van der Waals surface area contributed by atoms with Crippen molar-refractivity contribution in [2.24, 2.45) is 7.05 Å². The predicted octanol–water partition coefficient (Wildman–Crippen LogP) is 3.13. The van der Waals surface area contributed by atoms with Gasteiger partial charge in [-0.1, -0.05) is 19.9 Å². The maximum Gasteiger partial charge on any atom is 0.254 e. The molecule has 0 spiro atoms. The first-order valence-corrected chi connectivity index (χ1v) is 8.76. The lowest BCUT2D eigenvalue weighted by Gasteiger charge is -2.34. The van der Waals surface area contributed by atoms with Gasteiger partial charge in [-0.3, -0.25) is 9.48 Å². The summed E-state index contributed by atoms with van der Waals surface area (Å²) in [5, 5.41) is 8.39. The second kappa shape index (κ2) is 6.66. The van der Waals surface area contributed by atoms with E-state index in [-0.39, 0.29) is 5.91 Å². The molecule has 0 radical (unpaired) electrons. The number of hydrogen-bond donors (Lipinski definition) is 1. The van der Waals surface area contributed by atoms with Crippen LogP contribution >= 0.6 is 11.8 Å². The fourth-order valence-corrected chi connectivity index (χ4v) is 4.23. The zero-order valence-corrected chi connectivity index (χ0v) is 14.5. The number of nitrogens with zero attached hydrogens (tertiary/aromatic N) is 3. The molecule has 1 fully saturated rings. The van der Waals surface area contributed by atoms with E-state index in [4.69, 9.17) is 0 Å². The molecule has 1 aliphatic rings. The van der Waals surface area contributed by atoms with Crippen molar-refractivity contribution in [3.05, 3.63) is 42.2 Å². The van der Waals surface area contributed by atoms with Crippen LogP contribution in [0.5, 0.6) is 0 Å². The van der Waals surface area contributed by atoms with Crippen LogP contribution < -0.4 is 5.32 Å². The first kappa shape index (κ1) is 15.9. The third-order valence-electron chi connectivity index (χ3n) is 3.81. The molecule has 0 saturated carbocycles. The van der Waals surface area contributed by atoms with Crippen LogP contribution in [0, 0.1) is 0 Å². The van der Waals surface area contributed by atoms with Gasteiger partial charge in [-0.05, 0) is 18.2 Å². The van der Waals surface area contributed by atoms with Crippen LogP contribution in [0.2, 0.25) is 0 Å². The highest BCUT2D eigenvalue weighted by Crippen LogP contribution is 2.26. The van der Waals surface area contributed by atoms with Gasteiger partial charge in [0, 0.05) is 48.1 Å². The zero-order chi connectivity index (χ0) is 16.4. The Morgan fingerprint density at radius 1 is 1.26 bits per heavy atom. The summed E-state index contributed by atoms with van der Waals surface area (Å²) in [6.07, 6.45) is 3.67. The third kappa shape index (κ3) is 3.88. The van der Waals surface area contributed by atoms with Crippen molar-refractivity contribution in [2.75, 3.05) is 18.4 Å². The Morgan fingerprint density at radius 2 is 2.00 bits per heavy atom. The molecule has 1 aliphatic heterocycles. The lowest BCUT2D eigenvalue weighted by molar-refractivity contribution is 0.0753. The lowest BCUT2D eigenvalue weighted by atomic mass is 10.1. The zero-order valence-electron chi connectivity index (χ0n) is 13.7. The summed E-state index contributed by atoms with van der Waals surface area (Å²) in [6, 6.07) is 7.67. The van der Waals surface area contributed by atoms with E-state index in [9.17, 15) is 4.79 Å². The van der Waals surface area contributed by atoms with Crippen molar-refractivity contribution in [3.63, 3.8) is 0 Å². The largest absolute Gasteiger partial charge is 0.353 e. The number of rotatable bonds is 3. The second-order valence-electron chi connectivity index (χ2n) is 6.08. The number of anilines is 2. The molecular weight excluding hydrogens is 308 g/mol. The summed E-state index contributed by atoms with van der Waals surface area (Å²) in [5.74, 6) is 0.110. The Labute approximate surface area is 141 Å². The monoisotopic (exact) mass is 330 g/mol. The van der Waals surface area contributed by atoms with Crippen LogP contribution in [-0.4, -0.2) is 44.2 Å². The van der Waals surface area contributed by atoms with Crippen molar-refractivity contribution in [1.29, 1.82) is 0 Å². The number of amides is 1. The van der Waals surface area contributed by atoms with Gasteiger partial charge in [-0.15, -0.1) is 0 Å². The molecule has 2 heterocycles. The fourth-order valence-electron chi connectivity index (χ4n) is 2.91. The highest BCUT2D eigenvalue weighted by molar-refractivity contribution is 8.00. The van der Waals surface area contributed by atoms with Gasteiger partial charge in [-0.25, -0.2) is 0 Å². The first-order chi connectivity index (χ1) is 11.0. The number of benzene rings is 1. The quantitative estimate of drug-likeness (QED) is 0.939. The summed E-state index contributed by atoms with van der Waals surface area (Å²) in [6.45, 7) is 5.99. The highest BCUT2D eigenvalue weighted by atomic mass is 32.2. The molecule has 1 aromatic heterocycles. The minimum Gasteiger partial charge on any atom is -0.353 e. The van der Waals surface area contributed by atoms with Crippen LogP contribution in [0.25, 0.3) is 0 Å². The van der Waals surface area contributed by atoms with Gasteiger partial charge in [0.25, 0.3) is 5.91 Å². The molecule has 5 nitrogen and oxygen atoms in total. The predicted molar refractivity (Wildman–Crippen MR) is 95.4 cm³/mol. The average molecular weight is 330 g/mol. The highest BCUT2D eigenvalue weighted by Gasteiger charge is 2.26. The molecule has 6 heteroatoms. The molecule has 23 heavy (non-hydrogen) atoms. The Morgan fingerprint density at radius 3 is 2.65 bits per heavy atom. The standard InChI is InChI=1S/C17H22N4OS/c1-12-9-21(10-13(2)23-12)17(22)14-5-4-6-15(7-14)19-16-8-18-20(3)11-16/h4-8,11-13,19H,9-10H2,1-3H3/t12-,13-/m0/s1. The Balaban J connectivity index is 1.75. The summed E-state index contributed by atoms with van der Waals surface area (Å²) in [7, 11) is 1.88. The van der Waals surface area contributed by atoms with Gasteiger partial charge in [0.15, 0.2) is 0 Å². The maximum atomic E-state index is 12.8.